The summed E-state index contributed by atoms with van der Waals surface area (Å²) in [6, 6.07) is 4.19. The summed E-state index contributed by atoms with van der Waals surface area (Å²) in [4.78, 5) is 10.1. The first-order valence-corrected chi connectivity index (χ1v) is 5.46. The number of nitrogens with zero attached hydrogens (tertiary/aromatic N) is 1. The number of nitrogens with one attached hydrogen (secondary N) is 1. The summed E-state index contributed by atoms with van der Waals surface area (Å²) in [5.41, 5.74) is 0.349. The van der Waals surface area contributed by atoms with Crippen LogP contribution in [0.15, 0.2) is 18.2 Å². The number of nitro groups is 1. The van der Waals surface area contributed by atoms with Crippen molar-refractivity contribution in [3.8, 4) is 5.75 Å². The molecule has 6 nitrogen and oxygen atoms in total. The van der Waals surface area contributed by atoms with Gasteiger partial charge in [0.25, 0.3) is 12.1 Å². The van der Waals surface area contributed by atoms with E-state index in [1.165, 1.54) is 19.2 Å². The van der Waals surface area contributed by atoms with E-state index in [9.17, 15) is 18.9 Å². The summed E-state index contributed by atoms with van der Waals surface area (Å²) in [5.74, 6) is 0.338. The summed E-state index contributed by atoms with van der Waals surface area (Å²) in [7, 11) is 1.40. The highest BCUT2D eigenvalue weighted by Gasteiger charge is 2.10. The minimum atomic E-state index is -2.50. The molecule has 1 aromatic carbocycles. The third-order valence-corrected chi connectivity index (χ3v) is 2.16. The number of non-ortho nitro benzene ring substituents is 1. The molecule has 0 saturated heterocycles. The zero-order valence-electron chi connectivity index (χ0n) is 10.3. The predicted molar refractivity (Wildman–Crippen MR) is 65.0 cm³/mol. The number of nitro benzene ring substituents is 1. The van der Waals surface area contributed by atoms with E-state index in [2.05, 4.69) is 10.1 Å². The standard InChI is InChI=1S/C11H14F2N2O4/c1-18-10-5-8(4-9(6-10)15(16)17)14-2-3-19-7-11(12)13/h4-6,11,14H,2-3,7H2,1H3. The number of ether oxygens (including phenoxy) is 2. The minimum absolute atomic E-state index is 0.0787. The van der Waals surface area contributed by atoms with Gasteiger partial charge in [0.15, 0.2) is 0 Å². The van der Waals surface area contributed by atoms with Gasteiger partial charge in [-0.15, -0.1) is 0 Å². The number of alkyl halides is 2. The Morgan fingerprint density at radius 2 is 2.16 bits per heavy atom. The van der Waals surface area contributed by atoms with Gasteiger partial charge in [0.2, 0.25) is 0 Å². The molecule has 1 N–H and O–H groups in total. The van der Waals surface area contributed by atoms with E-state index >= 15 is 0 Å². The summed E-state index contributed by atoms with van der Waals surface area (Å²) >= 11 is 0. The van der Waals surface area contributed by atoms with Crippen LogP contribution < -0.4 is 10.1 Å². The molecule has 0 heterocycles. The van der Waals surface area contributed by atoms with E-state index in [-0.39, 0.29) is 18.8 Å². The maximum absolute atomic E-state index is 11.8. The van der Waals surface area contributed by atoms with Crippen LogP contribution in [0.1, 0.15) is 0 Å². The van der Waals surface area contributed by atoms with Crippen molar-refractivity contribution in [2.75, 3.05) is 32.2 Å². The highest BCUT2D eigenvalue weighted by Crippen LogP contribution is 2.25. The quantitative estimate of drug-likeness (QED) is 0.448. The molecule has 0 aliphatic carbocycles. The van der Waals surface area contributed by atoms with Crippen molar-refractivity contribution in [3.05, 3.63) is 28.3 Å². The number of hydrogen-bond donors (Lipinski definition) is 1. The molecule has 106 valence electrons. The Balaban J connectivity index is 2.53. The van der Waals surface area contributed by atoms with E-state index in [4.69, 9.17) is 4.74 Å². The molecule has 19 heavy (non-hydrogen) atoms. The van der Waals surface area contributed by atoms with Gasteiger partial charge in [0.05, 0.1) is 24.7 Å². The second kappa shape index (κ2) is 7.47. The van der Waals surface area contributed by atoms with Crippen LogP contribution in [0.25, 0.3) is 0 Å². The Morgan fingerprint density at radius 3 is 2.74 bits per heavy atom. The number of halogens is 2. The lowest BCUT2D eigenvalue weighted by atomic mass is 10.2. The van der Waals surface area contributed by atoms with Gasteiger partial charge < -0.3 is 14.8 Å². The molecule has 0 spiro atoms. The maximum Gasteiger partial charge on any atom is 0.275 e. The van der Waals surface area contributed by atoms with E-state index in [1.807, 2.05) is 0 Å². The van der Waals surface area contributed by atoms with Crippen LogP contribution in [0.4, 0.5) is 20.2 Å². The van der Waals surface area contributed by atoms with Gasteiger partial charge in [-0.05, 0) is 0 Å². The van der Waals surface area contributed by atoms with Crippen LogP contribution in [0.2, 0.25) is 0 Å². The number of hydrogen-bond acceptors (Lipinski definition) is 5. The first-order valence-electron chi connectivity index (χ1n) is 5.46. The average Bonchev–Trinajstić information content (AvgIpc) is 2.37. The van der Waals surface area contributed by atoms with Gasteiger partial charge in [-0.3, -0.25) is 10.1 Å². The monoisotopic (exact) mass is 276 g/mol. The van der Waals surface area contributed by atoms with Gasteiger partial charge in [-0.1, -0.05) is 0 Å². The van der Waals surface area contributed by atoms with Gasteiger partial charge >= 0.3 is 0 Å². The first kappa shape index (κ1) is 15.1. The Hall–Kier alpha value is -1.96. The number of anilines is 1. The van der Waals surface area contributed by atoms with E-state index in [0.717, 1.165) is 0 Å². The Bertz CT molecular complexity index is 429. The molecule has 0 aliphatic rings. The SMILES string of the molecule is COc1cc(NCCOCC(F)F)cc([N+](=O)[O-])c1. The fourth-order valence-corrected chi connectivity index (χ4v) is 1.35. The molecule has 0 bridgehead atoms. The van der Waals surface area contributed by atoms with Crippen molar-refractivity contribution in [1.82, 2.24) is 0 Å². The van der Waals surface area contributed by atoms with Crippen molar-refractivity contribution >= 4 is 11.4 Å². The molecule has 0 aliphatic heterocycles. The zero-order chi connectivity index (χ0) is 14.3. The molecule has 1 aromatic rings. The fraction of sp³-hybridized carbons (Fsp3) is 0.455. The van der Waals surface area contributed by atoms with E-state index in [0.29, 0.717) is 11.4 Å². The van der Waals surface area contributed by atoms with Gasteiger partial charge in [-0.2, -0.15) is 0 Å². The molecule has 0 fully saturated rings. The summed E-state index contributed by atoms with van der Waals surface area (Å²) in [5, 5.41) is 13.5. The third kappa shape index (κ3) is 5.47. The van der Waals surface area contributed by atoms with Crippen LogP contribution in [0.3, 0.4) is 0 Å². The Morgan fingerprint density at radius 1 is 1.42 bits per heavy atom. The van der Waals surface area contributed by atoms with Crippen molar-refractivity contribution in [2.45, 2.75) is 6.43 Å². The van der Waals surface area contributed by atoms with Crippen LogP contribution in [0.5, 0.6) is 5.75 Å². The summed E-state index contributed by atoms with van der Waals surface area (Å²) in [6.07, 6.45) is -2.50. The molecule has 0 aromatic heterocycles. The average molecular weight is 276 g/mol. The van der Waals surface area contributed by atoms with E-state index < -0.39 is 18.0 Å². The normalized spacial score (nSPS) is 10.5. The van der Waals surface area contributed by atoms with Crippen molar-refractivity contribution in [1.29, 1.82) is 0 Å². The fourth-order valence-electron chi connectivity index (χ4n) is 1.35. The molecule has 1 rings (SSSR count). The van der Waals surface area contributed by atoms with Gasteiger partial charge in [0, 0.05) is 24.4 Å². The number of rotatable bonds is 8. The number of methoxy groups -OCH3 is 1. The first-order chi connectivity index (χ1) is 9.02. The molecule has 0 saturated carbocycles. The van der Waals surface area contributed by atoms with Crippen molar-refractivity contribution in [3.63, 3.8) is 0 Å². The predicted octanol–water partition coefficient (Wildman–Crippen LogP) is 2.30. The summed E-state index contributed by atoms with van der Waals surface area (Å²) in [6.45, 7) is -0.285. The Labute approximate surface area is 108 Å². The molecule has 0 amide bonds. The maximum atomic E-state index is 11.8. The van der Waals surface area contributed by atoms with E-state index in [1.54, 1.807) is 6.07 Å². The number of benzene rings is 1. The van der Waals surface area contributed by atoms with Crippen molar-refractivity contribution < 1.29 is 23.2 Å². The van der Waals surface area contributed by atoms with Gasteiger partial charge in [-0.25, -0.2) is 8.78 Å². The molecular weight excluding hydrogens is 262 g/mol. The van der Waals surface area contributed by atoms with Gasteiger partial charge in [0.1, 0.15) is 12.4 Å². The topological polar surface area (TPSA) is 73.6 Å². The smallest absolute Gasteiger partial charge is 0.275 e. The van der Waals surface area contributed by atoms with Crippen molar-refractivity contribution in [2.24, 2.45) is 0 Å². The van der Waals surface area contributed by atoms with Crippen LogP contribution in [-0.4, -0.2) is 38.2 Å². The minimum Gasteiger partial charge on any atom is -0.496 e. The third-order valence-electron chi connectivity index (χ3n) is 2.16. The second-order valence-electron chi connectivity index (χ2n) is 3.57. The lowest BCUT2D eigenvalue weighted by Gasteiger charge is -2.08. The second-order valence-corrected chi connectivity index (χ2v) is 3.57. The molecule has 8 heteroatoms. The molecule has 0 unspecified atom stereocenters. The lowest BCUT2D eigenvalue weighted by Crippen LogP contribution is -2.13. The van der Waals surface area contributed by atoms with Crippen LogP contribution >= 0.6 is 0 Å². The molecular formula is C11H14F2N2O4. The summed E-state index contributed by atoms with van der Waals surface area (Å²) < 4.78 is 33.2. The highest BCUT2D eigenvalue weighted by molar-refractivity contribution is 5.56. The highest BCUT2D eigenvalue weighted by atomic mass is 19.3. The Kier molecular flexibility index (Phi) is 5.94. The molecule has 0 atom stereocenters. The zero-order valence-corrected chi connectivity index (χ0v) is 10.3. The molecule has 0 radical (unpaired) electrons. The van der Waals surface area contributed by atoms with Crippen LogP contribution in [-0.2, 0) is 4.74 Å². The lowest BCUT2D eigenvalue weighted by molar-refractivity contribution is -0.384. The van der Waals surface area contributed by atoms with Crippen LogP contribution in [0, 0.1) is 10.1 Å². The largest absolute Gasteiger partial charge is 0.496 e.